The van der Waals surface area contributed by atoms with Crippen LogP contribution in [0.3, 0.4) is 0 Å². The lowest BCUT2D eigenvalue weighted by molar-refractivity contribution is 0.222. The Kier molecular flexibility index (Phi) is 3.71. The number of nitrogens with zero attached hydrogens (tertiary/aromatic N) is 1. The number of aromatic hydroxyl groups is 1. The summed E-state index contributed by atoms with van der Waals surface area (Å²) < 4.78 is 25.3. The molecule has 5 nitrogen and oxygen atoms in total. The molecular formula is C15H22N2O3S. The van der Waals surface area contributed by atoms with Crippen molar-refractivity contribution in [2.75, 3.05) is 25.9 Å². The summed E-state index contributed by atoms with van der Waals surface area (Å²) in [6, 6.07) is 5.65. The molecule has 1 fully saturated rings. The number of fused-ring (bicyclic) bond motifs is 2. The predicted molar refractivity (Wildman–Crippen MR) is 81.8 cm³/mol. The van der Waals surface area contributed by atoms with E-state index < -0.39 is 10.0 Å². The highest BCUT2D eigenvalue weighted by atomic mass is 32.2. The minimum atomic E-state index is -3.11. The molecule has 2 N–H and O–H groups in total. The molecule has 0 aromatic heterocycles. The quantitative estimate of drug-likeness (QED) is 0.857. The van der Waals surface area contributed by atoms with Crippen LogP contribution >= 0.6 is 0 Å². The van der Waals surface area contributed by atoms with Crippen molar-refractivity contribution in [1.82, 2.24) is 9.62 Å². The summed E-state index contributed by atoms with van der Waals surface area (Å²) in [6.45, 7) is 2.61. The molecule has 1 saturated carbocycles. The standard InChI is InChI=1S/C15H22N2O3S/c1-16-21(19,20)8-2-7-17-10-12-3-4-13(18)9-14(12)15(11-17)5-6-15/h3-4,9,16,18H,2,5-8,10-11H2,1H3. The largest absolute Gasteiger partial charge is 0.508 e. The van der Waals surface area contributed by atoms with E-state index in [1.807, 2.05) is 12.1 Å². The summed E-state index contributed by atoms with van der Waals surface area (Å²) in [4.78, 5) is 2.34. The molecule has 2 aliphatic rings. The van der Waals surface area contributed by atoms with Gasteiger partial charge in [-0.05, 0) is 56.1 Å². The molecule has 1 aliphatic heterocycles. The van der Waals surface area contributed by atoms with E-state index in [4.69, 9.17) is 0 Å². The van der Waals surface area contributed by atoms with Crippen molar-refractivity contribution in [3.63, 3.8) is 0 Å². The molecule has 1 spiro atoms. The maximum atomic E-state index is 11.5. The van der Waals surface area contributed by atoms with Crippen LogP contribution in [0, 0.1) is 0 Å². The van der Waals surface area contributed by atoms with Crippen molar-refractivity contribution >= 4 is 10.0 Å². The second-order valence-electron chi connectivity index (χ2n) is 6.21. The maximum Gasteiger partial charge on any atom is 0.211 e. The lowest BCUT2D eigenvalue weighted by Crippen LogP contribution is -2.39. The summed E-state index contributed by atoms with van der Waals surface area (Å²) in [5.74, 6) is 0.517. The first-order chi connectivity index (χ1) is 9.94. The second kappa shape index (κ2) is 5.26. The molecule has 0 amide bonds. The first-order valence-corrected chi connectivity index (χ1v) is 9.05. The molecule has 1 aromatic rings. The van der Waals surface area contributed by atoms with Gasteiger partial charge in [-0.1, -0.05) is 6.07 Å². The number of sulfonamides is 1. The molecule has 0 bridgehead atoms. The van der Waals surface area contributed by atoms with E-state index in [1.165, 1.54) is 18.2 Å². The topological polar surface area (TPSA) is 69.6 Å². The van der Waals surface area contributed by atoms with Gasteiger partial charge in [0.1, 0.15) is 5.75 Å². The van der Waals surface area contributed by atoms with E-state index in [-0.39, 0.29) is 11.2 Å². The average Bonchev–Trinajstić information content (AvgIpc) is 3.20. The fourth-order valence-electron chi connectivity index (χ4n) is 3.32. The van der Waals surface area contributed by atoms with Crippen LogP contribution in [0.25, 0.3) is 0 Å². The molecule has 1 aromatic carbocycles. The third kappa shape index (κ3) is 3.07. The van der Waals surface area contributed by atoms with Gasteiger partial charge in [0, 0.05) is 18.5 Å². The van der Waals surface area contributed by atoms with E-state index in [0.717, 1.165) is 32.5 Å². The van der Waals surface area contributed by atoms with Crippen molar-refractivity contribution in [2.24, 2.45) is 0 Å². The molecule has 0 unspecified atom stereocenters. The summed E-state index contributed by atoms with van der Waals surface area (Å²) in [5.41, 5.74) is 2.77. The van der Waals surface area contributed by atoms with Gasteiger partial charge in [-0.15, -0.1) is 0 Å². The van der Waals surface area contributed by atoms with Crippen molar-refractivity contribution < 1.29 is 13.5 Å². The van der Waals surface area contributed by atoms with E-state index in [1.54, 1.807) is 6.07 Å². The molecule has 6 heteroatoms. The first-order valence-electron chi connectivity index (χ1n) is 7.40. The number of benzene rings is 1. The molecule has 3 rings (SSSR count). The molecule has 0 atom stereocenters. The molecule has 0 radical (unpaired) electrons. The van der Waals surface area contributed by atoms with Crippen LogP contribution < -0.4 is 4.72 Å². The monoisotopic (exact) mass is 310 g/mol. The Balaban J connectivity index is 1.67. The van der Waals surface area contributed by atoms with Crippen molar-refractivity contribution in [3.8, 4) is 5.75 Å². The van der Waals surface area contributed by atoms with Crippen LogP contribution in [0.5, 0.6) is 5.75 Å². The number of nitrogens with one attached hydrogen (secondary N) is 1. The van der Waals surface area contributed by atoms with E-state index in [2.05, 4.69) is 9.62 Å². The minimum Gasteiger partial charge on any atom is -0.508 e. The maximum absolute atomic E-state index is 11.5. The molecule has 116 valence electrons. The molecular weight excluding hydrogens is 288 g/mol. The predicted octanol–water partition coefficient (Wildman–Crippen LogP) is 1.18. The Morgan fingerprint density at radius 2 is 2.14 bits per heavy atom. The van der Waals surface area contributed by atoms with Gasteiger partial charge >= 0.3 is 0 Å². The minimum absolute atomic E-state index is 0.176. The summed E-state index contributed by atoms with van der Waals surface area (Å²) in [7, 11) is -1.65. The van der Waals surface area contributed by atoms with Crippen LogP contribution in [0.2, 0.25) is 0 Å². The third-order valence-corrected chi connectivity index (χ3v) is 6.09. The molecule has 21 heavy (non-hydrogen) atoms. The van der Waals surface area contributed by atoms with E-state index in [0.29, 0.717) is 12.2 Å². The highest BCUT2D eigenvalue weighted by molar-refractivity contribution is 7.89. The summed E-state index contributed by atoms with van der Waals surface area (Å²) in [5, 5.41) is 9.68. The molecule has 0 saturated heterocycles. The number of hydrogen-bond donors (Lipinski definition) is 2. The van der Waals surface area contributed by atoms with Crippen LogP contribution in [0.15, 0.2) is 18.2 Å². The van der Waals surface area contributed by atoms with Crippen LogP contribution in [-0.2, 0) is 22.0 Å². The zero-order valence-corrected chi connectivity index (χ0v) is 13.1. The Bertz CT molecular complexity index is 638. The number of hydrogen-bond acceptors (Lipinski definition) is 4. The van der Waals surface area contributed by atoms with Crippen molar-refractivity contribution in [3.05, 3.63) is 29.3 Å². The Labute approximate surface area is 126 Å². The summed E-state index contributed by atoms with van der Waals surface area (Å²) >= 11 is 0. The van der Waals surface area contributed by atoms with E-state index in [9.17, 15) is 13.5 Å². The van der Waals surface area contributed by atoms with Gasteiger partial charge in [0.05, 0.1) is 5.75 Å². The normalized spacial score (nSPS) is 20.4. The summed E-state index contributed by atoms with van der Waals surface area (Å²) in [6.07, 6.45) is 2.97. The van der Waals surface area contributed by atoms with Gasteiger partial charge in [-0.3, -0.25) is 4.90 Å². The van der Waals surface area contributed by atoms with Gasteiger partial charge in [-0.2, -0.15) is 0 Å². The van der Waals surface area contributed by atoms with Gasteiger partial charge < -0.3 is 5.11 Å². The van der Waals surface area contributed by atoms with Crippen LogP contribution in [-0.4, -0.2) is 44.3 Å². The zero-order chi connectivity index (χ0) is 15.1. The first kappa shape index (κ1) is 14.8. The molecule has 1 heterocycles. The fraction of sp³-hybridized carbons (Fsp3) is 0.600. The number of rotatable bonds is 5. The third-order valence-electron chi connectivity index (χ3n) is 4.64. The Morgan fingerprint density at radius 1 is 1.38 bits per heavy atom. The van der Waals surface area contributed by atoms with E-state index >= 15 is 0 Å². The lowest BCUT2D eigenvalue weighted by atomic mass is 9.86. The SMILES string of the molecule is CNS(=O)(=O)CCCN1Cc2ccc(O)cc2C2(CC2)C1. The Hall–Kier alpha value is -1.11. The number of phenolic OH excluding ortho intramolecular Hbond substituents is 1. The zero-order valence-electron chi connectivity index (χ0n) is 12.3. The smallest absolute Gasteiger partial charge is 0.211 e. The van der Waals surface area contributed by atoms with Gasteiger partial charge in [-0.25, -0.2) is 13.1 Å². The van der Waals surface area contributed by atoms with Crippen molar-refractivity contribution in [1.29, 1.82) is 0 Å². The fourth-order valence-corrected chi connectivity index (χ4v) is 4.04. The highest BCUT2D eigenvalue weighted by Crippen LogP contribution is 2.52. The van der Waals surface area contributed by atoms with Crippen molar-refractivity contribution in [2.45, 2.75) is 31.2 Å². The Morgan fingerprint density at radius 3 is 2.81 bits per heavy atom. The highest BCUT2D eigenvalue weighted by Gasteiger charge is 2.48. The van der Waals surface area contributed by atoms with Crippen LogP contribution in [0.1, 0.15) is 30.4 Å². The van der Waals surface area contributed by atoms with Crippen LogP contribution in [0.4, 0.5) is 0 Å². The van der Waals surface area contributed by atoms with Gasteiger partial charge in [0.25, 0.3) is 0 Å². The lowest BCUT2D eigenvalue weighted by Gasteiger charge is -2.35. The number of phenols is 1. The van der Waals surface area contributed by atoms with Gasteiger partial charge in [0.15, 0.2) is 0 Å². The molecule has 1 aliphatic carbocycles. The average molecular weight is 310 g/mol. The van der Waals surface area contributed by atoms with Gasteiger partial charge in [0.2, 0.25) is 10.0 Å². The second-order valence-corrected chi connectivity index (χ2v) is 8.25.